The molecule has 0 aromatic heterocycles. The first-order valence-corrected chi connectivity index (χ1v) is 5.79. The highest BCUT2D eigenvalue weighted by atomic mass is 16.6. The molecular weight excluding hydrogens is 192 g/mol. The van der Waals surface area contributed by atoms with Crippen LogP contribution in [-0.2, 0) is 14.3 Å². The Balaban J connectivity index is 2.09. The molecule has 4 unspecified atom stereocenters. The van der Waals surface area contributed by atoms with Crippen molar-refractivity contribution in [2.75, 3.05) is 0 Å². The normalized spacial score (nSPS) is 43.7. The van der Waals surface area contributed by atoms with Gasteiger partial charge in [-0.25, -0.2) is 0 Å². The zero-order valence-electron chi connectivity index (χ0n) is 9.95. The van der Waals surface area contributed by atoms with E-state index >= 15 is 0 Å². The summed E-state index contributed by atoms with van der Waals surface area (Å²) in [5.74, 6) is 0.808. The summed E-state index contributed by atoms with van der Waals surface area (Å²) < 4.78 is 11.1. The summed E-state index contributed by atoms with van der Waals surface area (Å²) in [4.78, 5) is 11.1. The van der Waals surface area contributed by atoms with Crippen LogP contribution in [0.5, 0.6) is 0 Å². The Morgan fingerprint density at radius 3 is 2.73 bits per heavy atom. The molecule has 0 radical (unpaired) electrons. The number of esters is 1. The molecule has 1 heterocycles. The quantitative estimate of drug-likeness (QED) is 0.520. The Labute approximate surface area is 91.1 Å². The van der Waals surface area contributed by atoms with Crippen LogP contribution in [0.3, 0.4) is 0 Å². The van der Waals surface area contributed by atoms with Crippen LogP contribution in [0.15, 0.2) is 0 Å². The summed E-state index contributed by atoms with van der Waals surface area (Å²) in [5.41, 5.74) is -0.00843. The van der Waals surface area contributed by atoms with Crippen molar-refractivity contribution in [1.29, 1.82) is 0 Å². The standard InChI is InChI=1S/C12H20O3/c1-7(2)9-5-6-12(4)11(15-12)10(9)14-8(3)13/h7,9-11H,5-6H2,1-4H3. The third kappa shape index (κ3) is 1.89. The van der Waals surface area contributed by atoms with E-state index in [1.54, 1.807) is 0 Å². The average molecular weight is 212 g/mol. The number of carbonyl (C=O) groups excluding carboxylic acids is 1. The van der Waals surface area contributed by atoms with Crippen molar-refractivity contribution in [2.45, 2.75) is 58.3 Å². The maximum atomic E-state index is 11.1. The first kappa shape index (κ1) is 10.9. The molecule has 0 spiro atoms. The van der Waals surface area contributed by atoms with Crippen LogP contribution in [0, 0.1) is 11.8 Å². The zero-order chi connectivity index (χ0) is 11.2. The van der Waals surface area contributed by atoms with E-state index in [1.165, 1.54) is 6.92 Å². The first-order chi connectivity index (χ1) is 6.94. The topological polar surface area (TPSA) is 38.8 Å². The third-order valence-electron chi connectivity index (χ3n) is 3.79. The van der Waals surface area contributed by atoms with Crippen molar-refractivity contribution in [1.82, 2.24) is 0 Å². The highest BCUT2D eigenvalue weighted by molar-refractivity contribution is 5.66. The summed E-state index contributed by atoms with van der Waals surface area (Å²) >= 11 is 0. The number of rotatable bonds is 2. The lowest BCUT2D eigenvalue weighted by molar-refractivity contribution is -0.152. The van der Waals surface area contributed by atoms with Gasteiger partial charge in [0.05, 0.1) is 5.60 Å². The average Bonchev–Trinajstić information content (AvgIpc) is 2.76. The number of hydrogen-bond donors (Lipinski definition) is 0. The molecule has 1 aliphatic heterocycles. The number of fused-ring (bicyclic) bond motifs is 1. The summed E-state index contributed by atoms with van der Waals surface area (Å²) in [6.07, 6.45) is 2.31. The predicted octanol–water partition coefficient (Wildman–Crippen LogP) is 2.14. The smallest absolute Gasteiger partial charge is 0.303 e. The number of ether oxygens (including phenoxy) is 2. The molecule has 86 valence electrons. The van der Waals surface area contributed by atoms with Crippen molar-refractivity contribution in [3.63, 3.8) is 0 Å². The van der Waals surface area contributed by atoms with Gasteiger partial charge in [-0.3, -0.25) is 4.79 Å². The lowest BCUT2D eigenvalue weighted by atomic mass is 9.75. The van der Waals surface area contributed by atoms with Crippen LogP contribution in [0.25, 0.3) is 0 Å². The van der Waals surface area contributed by atoms with E-state index in [1.807, 2.05) is 0 Å². The SMILES string of the molecule is CC(=O)OC1C(C(C)C)CCC2(C)OC12. The summed E-state index contributed by atoms with van der Waals surface area (Å²) in [7, 11) is 0. The molecule has 2 aliphatic rings. The first-order valence-electron chi connectivity index (χ1n) is 5.79. The zero-order valence-corrected chi connectivity index (χ0v) is 9.95. The van der Waals surface area contributed by atoms with Gasteiger partial charge in [0.2, 0.25) is 0 Å². The molecule has 0 N–H and O–H groups in total. The number of epoxide rings is 1. The minimum atomic E-state index is -0.189. The molecule has 1 aliphatic carbocycles. The Morgan fingerprint density at radius 2 is 2.20 bits per heavy atom. The highest BCUT2D eigenvalue weighted by Crippen LogP contribution is 2.51. The molecule has 15 heavy (non-hydrogen) atoms. The van der Waals surface area contributed by atoms with Gasteiger partial charge in [-0.05, 0) is 25.7 Å². The van der Waals surface area contributed by atoms with Gasteiger partial charge in [-0.1, -0.05) is 13.8 Å². The molecule has 0 bridgehead atoms. The minimum absolute atomic E-state index is 0.00843. The van der Waals surface area contributed by atoms with Gasteiger partial charge in [0.15, 0.2) is 0 Å². The summed E-state index contributed by atoms with van der Waals surface area (Å²) in [5, 5.41) is 0. The summed E-state index contributed by atoms with van der Waals surface area (Å²) in [6, 6.07) is 0. The van der Waals surface area contributed by atoms with Gasteiger partial charge < -0.3 is 9.47 Å². The molecule has 0 aromatic rings. The van der Waals surface area contributed by atoms with Crippen molar-refractivity contribution in [3.8, 4) is 0 Å². The Hall–Kier alpha value is -0.570. The fourth-order valence-corrected chi connectivity index (χ4v) is 2.77. The fourth-order valence-electron chi connectivity index (χ4n) is 2.77. The minimum Gasteiger partial charge on any atom is -0.459 e. The monoisotopic (exact) mass is 212 g/mol. The molecule has 0 amide bonds. The van der Waals surface area contributed by atoms with Crippen LogP contribution in [0.4, 0.5) is 0 Å². The van der Waals surface area contributed by atoms with Gasteiger partial charge in [0.25, 0.3) is 0 Å². The van der Waals surface area contributed by atoms with Crippen molar-refractivity contribution >= 4 is 5.97 Å². The lowest BCUT2D eigenvalue weighted by Gasteiger charge is -2.33. The van der Waals surface area contributed by atoms with Crippen molar-refractivity contribution in [2.24, 2.45) is 11.8 Å². The Morgan fingerprint density at radius 1 is 1.53 bits per heavy atom. The van der Waals surface area contributed by atoms with Crippen molar-refractivity contribution in [3.05, 3.63) is 0 Å². The molecule has 3 heteroatoms. The van der Waals surface area contributed by atoms with Crippen LogP contribution in [-0.4, -0.2) is 23.8 Å². The largest absolute Gasteiger partial charge is 0.459 e. The maximum Gasteiger partial charge on any atom is 0.303 e. The predicted molar refractivity (Wildman–Crippen MR) is 56.4 cm³/mol. The second kappa shape index (κ2) is 3.48. The molecular formula is C12H20O3. The maximum absolute atomic E-state index is 11.1. The van der Waals surface area contributed by atoms with Gasteiger partial charge >= 0.3 is 5.97 Å². The molecule has 2 fully saturated rings. The van der Waals surface area contributed by atoms with Crippen LogP contribution < -0.4 is 0 Å². The molecule has 0 aromatic carbocycles. The Bertz CT molecular complexity index is 274. The van der Waals surface area contributed by atoms with Crippen LogP contribution in [0.2, 0.25) is 0 Å². The van der Waals surface area contributed by atoms with E-state index < -0.39 is 0 Å². The van der Waals surface area contributed by atoms with E-state index in [0.717, 1.165) is 12.8 Å². The van der Waals surface area contributed by atoms with E-state index in [0.29, 0.717) is 11.8 Å². The highest BCUT2D eigenvalue weighted by Gasteiger charge is 2.62. The third-order valence-corrected chi connectivity index (χ3v) is 3.79. The van der Waals surface area contributed by atoms with Crippen LogP contribution in [0.1, 0.15) is 40.5 Å². The van der Waals surface area contributed by atoms with E-state index in [2.05, 4.69) is 20.8 Å². The molecule has 2 rings (SSSR count). The van der Waals surface area contributed by atoms with Crippen molar-refractivity contribution < 1.29 is 14.3 Å². The Kier molecular flexibility index (Phi) is 2.53. The second-order valence-electron chi connectivity index (χ2n) is 5.37. The van der Waals surface area contributed by atoms with Gasteiger partial charge in [0.1, 0.15) is 12.2 Å². The number of hydrogen-bond acceptors (Lipinski definition) is 3. The second-order valence-corrected chi connectivity index (χ2v) is 5.37. The van der Waals surface area contributed by atoms with Gasteiger partial charge in [0, 0.05) is 12.8 Å². The van der Waals surface area contributed by atoms with E-state index in [4.69, 9.17) is 9.47 Å². The molecule has 4 atom stereocenters. The molecule has 3 nitrogen and oxygen atoms in total. The van der Waals surface area contributed by atoms with Crippen LogP contribution >= 0.6 is 0 Å². The lowest BCUT2D eigenvalue weighted by Crippen LogP contribution is -2.41. The summed E-state index contributed by atoms with van der Waals surface area (Å²) in [6.45, 7) is 7.97. The van der Waals surface area contributed by atoms with E-state index in [-0.39, 0.29) is 23.8 Å². The fraction of sp³-hybridized carbons (Fsp3) is 0.917. The van der Waals surface area contributed by atoms with Gasteiger partial charge in [-0.2, -0.15) is 0 Å². The van der Waals surface area contributed by atoms with E-state index in [9.17, 15) is 4.79 Å². The number of carbonyl (C=O) groups is 1. The molecule has 1 saturated heterocycles. The molecule has 1 saturated carbocycles. The van der Waals surface area contributed by atoms with Gasteiger partial charge in [-0.15, -0.1) is 0 Å².